The van der Waals surface area contributed by atoms with Crippen molar-refractivity contribution < 1.29 is 9.59 Å². The minimum absolute atomic E-state index is 0.223. The number of carbonyl (C=O) groups is 2. The third-order valence-electron chi connectivity index (χ3n) is 4.18. The van der Waals surface area contributed by atoms with E-state index >= 15 is 0 Å². The standard InChI is InChI=1S/C23H16N2O2S/c26-20(15-14-16-8-2-1-3-9-16)17-10-4-5-11-18(17)22(27)25-23-24-19-12-6-7-13-21(19)28-23/h1-15H,(H,24,25,27). The number of aromatic nitrogens is 1. The molecule has 0 aliphatic heterocycles. The molecule has 136 valence electrons. The van der Waals surface area contributed by atoms with Crippen molar-refractivity contribution in [2.45, 2.75) is 0 Å². The number of fused-ring (bicyclic) bond motifs is 1. The molecule has 1 heterocycles. The number of nitrogens with one attached hydrogen (secondary N) is 1. The van der Waals surface area contributed by atoms with Gasteiger partial charge in [0.05, 0.1) is 15.8 Å². The van der Waals surface area contributed by atoms with Gasteiger partial charge in [-0.2, -0.15) is 0 Å². The zero-order valence-corrected chi connectivity index (χ0v) is 15.6. The Morgan fingerprint density at radius 2 is 1.50 bits per heavy atom. The second kappa shape index (κ2) is 7.98. The Bertz CT molecular complexity index is 1150. The van der Waals surface area contributed by atoms with Crippen LogP contribution in [0.2, 0.25) is 0 Å². The minimum Gasteiger partial charge on any atom is -0.298 e. The van der Waals surface area contributed by atoms with Crippen molar-refractivity contribution >= 4 is 44.5 Å². The highest BCUT2D eigenvalue weighted by Crippen LogP contribution is 2.26. The van der Waals surface area contributed by atoms with E-state index in [0.717, 1.165) is 15.8 Å². The Morgan fingerprint density at radius 1 is 0.821 bits per heavy atom. The summed E-state index contributed by atoms with van der Waals surface area (Å²) in [5.74, 6) is -0.574. The Morgan fingerprint density at radius 3 is 2.29 bits per heavy atom. The first-order chi connectivity index (χ1) is 13.7. The first-order valence-electron chi connectivity index (χ1n) is 8.74. The predicted octanol–water partition coefficient (Wildman–Crippen LogP) is 5.44. The van der Waals surface area contributed by atoms with E-state index in [0.29, 0.717) is 16.3 Å². The van der Waals surface area contributed by atoms with Crippen LogP contribution >= 0.6 is 11.3 Å². The van der Waals surface area contributed by atoms with Crippen LogP contribution in [0.5, 0.6) is 0 Å². The molecule has 1 N–H and O–H groups in total. The topological polar surface area (TPSA) is 59.1 Å². The molecule has 28 heavy (non-hydrogen) atoms. The third kappa shape index (κ3) is 3.89. The van der Waals surface area contributed by atoms with Crippen molar-refractivity contribution in [3.05, 3.63) is 102 Å². The summed E-state index contributed by atoms with van der Waals surface area (Å²) in [6.07, 6.45) is 3.23. The molecule has 1 aromatic heterocycles. The van der Waals surface area contributed by atoms with Gasteiger partial charge >= 0.3 is 0 Å². The van der Waals surface area contributed by atoms with Crippen molar-refractivity contribution in [1.82, 2.24) is 4.98 Å². The van der Waals surface area contributed by atoms with E-state index in [-0.39, 0.29) is 11.7 Å². The fourth-order valence-corrected chi connectivity index (χ4v) is 3.67. The van der Waals surface area contributed by atoms with Crippen molar-refractivity contribution in [3.8, 4) is 0 Å². The Balaban J connectivity index is 1.57. The van der Waals surface area contributed by atoms with Crippen molar-refractivity contribution in [2.75, 3.05) is 5.32 Å². The van der Waals surface area contributed by atoms with Gasteiger partial charge in [-0.05, 0) is 29.8 Å². The van der Waals surface area contributed by atoms with E-state index in [9.17, 15) is 9.59 Å². The average molecular weight is 384 g/mol. The Labute approximate surface area is 166 Å². The number of benzene rings is 3. The molecule has 0 aliphatic carbocycles. The second-order valence-corrected chi connectivity index (χ2v) is 7.13. The van der Waals surface area contributed by atoms with E-state index in [1.54, 1.807) is 30.3 Å². The number of anilines is 1. The maximum absolute atomic E-state index is 12.8. The molecule has 0 saturated carbocycles. The highest BCUT2D eigenvalue weighted by atomic mass is 32.1. The van der Waals surface area contributed by atoms with E-state index in [1.807, 2.05) is 54.6 Å². The van der Waals surface area contributed by atoms with E-state index < -0.39 is 0 Å². The van der Waals surface area contributed by atoms with Gasteiger partial charge in [0.2, 0.25) is 0 Å². The zero-order valence-electron chi connectivity index (χ0n) is 14.8. The van der Waals surface area contributed by atoms with Gasteiger partial charge in [0.15, 0.2) is 10.9 Å². The summed E-state index contributed by atoms with van der Waals surface area (Å²) < 4.78 is 0.993. The summed E-state index contributed by atoms with van der Waals surface area (Å²) in [5.41, 5.74) is 2.43. The van der Waals surface area contributed by atoms with Crippen LogP contribution < -0.4 is 5.32 Å². The highest BCUT2D eigenvalue weighted by molar-refractivity contribution is 7.22. The molecular formula is C23H16N2O2S. The van der Waals surface area contributed by atoms with Crippen LogP contribution in [0.15, 0.2) is 84.9 Å². The average Bonchev–Trinajstić information content (AvgIpc) is 3.15. The fourth-order valence-electron chi connectivity index (χ4n) is 2.81. The van der Waals surface area contributed by atoms with Gasteiger partial charge in [-0.15, -0.1) is 0 Å². The summed E-state index contributed by atoms with van der Waals surface area (Å²) >= 11 is 1.40. The smallest absolute Gasteiger partial charge is 0.258 e. The largest absolute Gasteiger partial charge is 0.298 e. The third-order valence-corrected chi connectivity index (χ3v) is 5.13. The summed E-state index contributed by atoms with van der Waals surface area (Å²) in [7, 11) is 0. The molecule has 0 radical (unpaired) electrons. The van der Waals surface area contributed by atoms with E-state index in [1.165, 1.54) is 17.4 Å². The minimum atomic E-state index is -0.351. The number of allylic oxidation sites excluding steroid dienone is 1. The molecule has 0 saturated heterocycles. The highest BCUT2D eigenvalue weighted by Gasteiger charge is 2.16. The lowest BCUT2D eigenvalue weighted by atomic mass is 10.0. The molecule has 0 aliphatic rings. The monoisotopic (exact) mass is 384 g/mol. The first-order valence-corrected chi connectivity index (χ1v) is 9.56. The second-order valence-electron chi connectivity index (χ2n) is 6.09. The van der Waals surface area contributed by atoms with Crippen molar-refractivity contribution in [1.29, 1.82) is 0 Å². The predicted molar refractivity (Wildman–Crippen MR) is 114 cm³/mol. The molecule has 4 aromatic rings. The Kier molecular flexibility index (Phi) is 5.08. The van der Waals surface area contributed by atoms with Crippen LogP contribution in [0, 0.1) is 0 Å². The molecular weight excluding hydrogens is 368 g/mol. The number of nitrogens with zero attached hydrogens (tertiary/aromatic N) is 1. The van der Waals surface area contributed by atoms with Crippen LogP contribution in [-0.2, 0) is 0 Å². The van der Waals surface area contributed by atoms with Gasteiger partial charge in [-0.1, -0.05) is 78.1 Å². The molecule has 0 atom stereocenters. The van der Waals surface area contributed by atoms with Gasteiger partial charge in [-0.25, -0.2) is 4.98 Å². The number of hydrogen-bond acceptors (Lipinski definition) is 4. The molecule has 0 fully saturated rings. The lowest BCUT2D eigenvalue weighted by Crippen LogP contribution is -2.15. The quantitative estimate of drug-likeness (QED) is 0.368. The van der Waals surface area contributed by atoms with Gasteiger partial charge in [0.1, 0.15) is 0 Å². The summed E-state index contributed by atoms with van der Waals surface area (Å²) in [5, 5.41) is 3.32. The number of hydrogen-bond donors (Lipinski definition) is 1. The van der Waals surface area contributed by atoms with E-state index in [2.05, 4.69) is 10.3 Å². The number of amides is 1. The zero-order chi connectivity index (χ0) is 19.3. The number of thiazole rings is 1. The van der Waals surface area contributed by atoms with Gasteiger partial charge in [0.25, 0.3) is 5.91 Å². The SMILES string of the molecule is O=C(C=Cc1ccccc1)c1ccccc1C(=O)Nc1nc2ccccc2s1. The normalized spacial score (nSPS) is 11.0. The number of carbonyl (C=O) groups excluding carboxylic acids is 2. The Hall–Kier alpha value is -3.57. The molecule has 4 rings (SSSR count). The van der Waals surface area contributed by atoms with Crippen molar-refractivity contribution in [2.24, 2.45) is 0 Å². The number of para-hydroxylation sites is 1. The fraction of sp³-hybridized carbons (Fsp3) is 0. The summed E-state index contributed by atoms with van der Waals surface area (Å²) in [6, 6.07) is 24.0. The lowest BCUT2D eigenvalue weighted by Gasteiger charge is -2.06. The summed E-state index contributed by atoms with van der Waals surface area (Å²) in [6.45, 7) is 0. The van der Waals surface area contributed by atoms with Crippen LogP contribution in [0.3, 0.4) is 0 Å². The van der Waals surface area contributed by atoms with Gasteiger partial charge in [0, 0.05) is 5.56 Å². The molecule has 1 amide bonds. The maximum Gasteiger partial charge on any atom is 0.258 e. The van der Waals surface area contributed by atoms with Crippen LogP contribution in [0.4, 0.5) is 5.13 Å². The van der Waals surface area contributed by atoms with Crippen LogP contribution in [-0.4, -0.2) is 16.7 Å². The summed E-state index contributed by atoms with van der Waals surface area (Å²) in [4.78, 5) is 29.8. The molecule has 3 aromatic carbocycles. The first kappa shape index (κ1) is 17.8. The number of ketones is 1. The van der Waals surface area contributed by atoms with Crippen molar-refractivity contribution in [3.63, 3.8) is 0 Å². The maximum atomic E-state index is 12.8. The van der Waals surface area contributed by atoms with Gasteiger partial charge in [-0.3, -0.25) is 14.9 Å². The molecule has 4 nitrogen and oxygen atoms in total. The lowest BCUT2D eigenvalue weighted by molar-refractivity contribution is 0.0999. The molecule has 5 heteroatoms. The van der Waals surface area contributed by atoms with Gasteiger partial charge < -0.3 is 0 Å². The number of rotatable bonds is 5. The molecule has 0 unspecified atom stereocenters. The van der Waals surface area contributed by atoms with E-state index in [4.69, 9.17) is 0 Å². The molecule has 0 bridgehead atoms. The van der Waals surface area contributed by atoms with Crippen LogP contribution in [0.1, 0.15) is 26.3 Å². The van der Waals surface area contributed by atoms with Crippen LogP contribution in [0.25, 0.3) is 16.3 Å². The molecule has 0 spiro atoms.